The van der Waals surface area contributed by atoms with Crippen LogP contribution in [0.2, 0.25) is 5.02 Å². The number of amides is 1. The fourth-order valence-corrected chi connectivity index (χ4v) is 2.51. The predicted octanol–water partition coefficient (Wildman–Crippen LogP) is 2.73. The Morgan fingerprint density at radius 3 is 2.85 bits per heavy atom. The lowest BCUT2D eigenvalue weighted by Gasteiger charge is -2.08. The second-order valence-electron chi connectivity index (χ2n) is 5.73. The van der Waals surface area contributed by atoms with Gasteiger partial charge in [0.1, 0.15) is 0 Å². The minimum Gasteiger partial charge on any atom is -0.392 e. The van der Waals surface area contributed by atoms with E-state index in [-0.39, 0.29) is 17.9 Å². The lowest BCUT2D eigenvalue weighted by molar-refractivity contribution is -0.125. The SMILES string of the molecule is CC1(C(=O)NCc2cc3cc(Cl)c(CO)cc3[nH]2)CC1. The van der Waals surface area contributed by atoms with E-state index in [4.69, 9.17) is 11.6 Å². The number of aromatic nitrogens is 1. The van der Waals surface area contributed by atoms with Gasteiger partial charge in [-0.25, -0.2) is 0 Å². The molecule has 1 aromatic carbocycles. The number of carbonyl (C=O) groups excluding carboxylic acids is 1. The van der Waals surface area contributed by atoms with E-state index in [1.165, 1.54) is 0 Å². The standard InChI is InChI=1S/C15H17ClN2O2/c1-15(2-3-15)14(20)17-7-11-4-9-5-12(16)10(8-19)6-13(9)18-11/h4-6,18-19H,2-3,7-8H2,1H3,(H,17,20). The summed E-state index contributed by atoms with van der Waals surface area (Å²) in [6, 6.07) is 5.63. The van der Waals surface area contributed by atoms with Crippen LogP contribution in [0.4, 0.5) is 0 Å². The van der Waals surface area contributed by atoms with Crippen molar-refractivity contribution in [3.05, 3.63) is 34.5 Å². The van der Waals surface area contributed by atoms with E-state index in [1.807, 2.05) is 25.1 Å². The van der Waals surface area contributed by atoms with Crippen molar-refractivity contribution >= 4 is 28.4 Å². The molecule has 4 nitrogen and oxygen atoms in total. The number of nitrogens with one attached hydrogen (secondary N) is 2. The van der Waals surface area contributed by atoms with E-state index in [1.54, 1.807) is 0 Å². The Bertz CT molecular complexity index is 674. The largest absolute Gasteiger partial charge is 0.392 e. The Morgan fingerprint density at radius 1 is 1.45 bits per heavy atom. The van der Waals surface area contributed by atoms with Crippen LogP contribution in [-0.2, 0) is 17.9 Å². The third-order valence-corrected chi connectivity index (χ3v) is 4.35. The molecular weight excluding hydrogens is 276 g/mol. The molecule has 1 saturated carbocycles. The highest BCUT2D eigenvalue weighted by Crippen LogP contribution is 2.45. The van der Waals surface area contributed by atoms with E-state index >= 15 is 0 Å². The van der Waals surface area contributed by atoms with Gasteiger partial charge in [-0.2, -0.15) is 0 Å². The molecule has 5 heteroatoms. The van der Waals surface area contributed by atoms with Crippen LogP contribution in [-0.4, -0.2) is 16.0 Å². The van der Waals surface area contributed by atoms with Crippen molar-refractivity contribution in [1.82, 2.24) is 10.3 Å². The Kier molecular flexibility index (Phi) is 3.22. The maximum Gasteiger partial charge on any atom is 0.226 e. The lowest BCUT2D eigenvalue weighted by atomic mass is 10.1. The van der Waals surface area contributed by atoms with E-state index in [9.17, 15) is 9.90 Å². The molecule has 0 aliphatic heterocycles. The smallest absolute Gasteiger partial charge is 0.226 e. The molecule has 0 saturated heterocycles. The number of aromatic amines is 1. The second-order valence-corrected chi connectivity index (χ2v) is 6.13. The second kappa shape index (κ2) is 4.79. The molecule has 1 fully saturated rings. The number of hydrogen-bond donors (Lipinski definition) is 3. The zero-order valence-electron chi connectivity index (χ0n) is 11.3. The average Bonchev–Trinajstić information content (AvgIpc) is 3.05. The van der Waals surface area contributed by atoms with E-state index in [0.29, 0.717) is 17.1 Å². The first-order valence-electron chi connectivity index (χ1n) is 6.71. The van der Waals surface area contributed by atoms with Crippen LogP contribution in [0, 0.1) is 5.41 Å². The van der Waals surface area contributed by atoms with Gasteiger partial charge in [-0.15, -0.1) is 0 Å². The molecule has 1 amide bonds. The molecule has 1 aliphatic carbocycles. The number of benzene rings is 1. The van der Waals surface area contributed by atoms with E-state index in [0.717, 1.165) is 29.4 Å². The fourth-order valence-electron chi connectivity index (χ4n) is 2.28. The molecule has 2 aromatic rings. The van der Waals surface area contributed by atoms with Crippen LogP contribution in [0.25, 0.3) is 10.9 Å². The number of hydrogen-bond acceptors (Lipinski definition) is 2. The van der Waals surface area contributed by atoms with Crippen molar-refractivity contribution < 1.29 is 9.90 Å². The van der Waals surface area contributed by atoms with Gasteiger partial charge < -0.3 is 15.4 Å². The molecule has 3 rings (SSSR count). The predicted molar refractivity (Wildman–Crippen MR) is 78.4 cm³/mol. The molecule has 0 radical (unpaired) electrons. The van der Waals surface area contributed by atoms with E-state index in [2.05, 4.69) is 10.3 Å². The van der Waals surface area contributed by atoms with Crippen LogP contribution in [0.3, 0.4) is 0 Å². The van der Waals surface area contributed by atoms with Gasteiger partial charge in [-0.05, 0) is 36.6 Å². The number of fused-ring (bicyclic) bond motifs is 1. The highest BCUT2D eigenvalue weighted by atomic mass is 35.5. The van der Waals surface area contributed by atoms with Gasteiger partial charge in [-0.1, -0.05) is 18.5 Å². The van der Waals surface area contributed by atoms with Gasteiger partial charge in [0, 0.05) is 27.0 Å². The minimum atomic E-state index is -0.153. The topological polar surface area (TPSA) is 65.1 Å². The van der Waals surface area contributed by atoms with Gasteiger partial charge in [0.25, 0.3) is 0 Å². The highest BCUT2D eigenvalue weighted by Gasteiger charge is 2.44. The minimum absolute atomic E-state index is 0.0851. The summed E-state index contributed by atoms with van der Waals surface area (Å²) in [6.45, 7) is 2.38. The van der Waals surface area contributed by atoms with Crippen LogP contribution >= 0.6 is 11.6 Å². The Hall–Kier alpha value is -1.52. The quantitative estimate of drug-likeness (QED) is 0.811. The molecule has 1 aromatic heterocycles. The Labute approximate surface area is 122 Å². The van der Waals surface area contributed by atoms with Crippen molar-refractivity contribution in [2.45, 2.75) is 32.9 Å². The Balaban J connectivity index is 1.77. The third-order valence-electron chi connectivity index (χ3n) is 4.00. The summed E-state index contributed by atoms with van der Waals surface area (Å²) < 4.78 is 0. The summed E-state index contributed by atoms with van der Waals surface area (Å²) in [5.41, 5.74) is 2.39. The molecule has 0 bridgehead atoms. The number of H-pyrrole nitrogens is 1. The monoisotopic (exact) mass is 292 g/mol. The normalized spacial score (nSPS) is 16.4. The average molecular weight is 293 g/mol. The van der Waals surface area contributed by atoms with Crippen LogP contribution < -0.4 is 5.32 Å². The van der Waals surface area contributed by atoms with Crippen molar-refractivity contribution in [3.63, 3.8) is 0 Å². The highest BCUT2D eigenvalue weighted by molar-refractivity contribution is 6.32. The number of carbonyl (C=O) groups is 1. The van der Waals surface area contributed by atoms with Crippen molar-refractivity contribution in [1.29, 1.82) is 0 Å². The summed E-state index contributed by atoms with van der Waals surface area (Å²) >= 11 is 6.06. The van der Waals surface area contributed by atoms with Gasteiger partial charge in [-0.3, -0.25) is 4.79 Å². The van der Waals surface area contributed by atoms with Crippen molar-refractivity contribution in [2.75, 3.05) is 0 Å². The molecule has 1 aliphatic rings. The first-order chi connectivity index (χ1) is 9.51. The summed E-state index contributed by atoms with van der Waals surface area (Å²) in [6.07, 6.45) is 1.95. The van der Waals surface area contributed by atoms with Gasteiger partial charge in [0.15, 0.2) is 0 Å². The summed E-state index contributed by atoms with van der Waals surface area (Å²) in [7, 11) is 0. The van der Waals surface area contributed by atoms with Crippen LogP contribution in [0.15, 0.2) is 18.2 Å². The number of halogens is 1. The maximum atomic E-state index is 11.9. The van der Waals surface area contributed by atoms with Crippen molar-refractivity contribution in [3.8, 4) is 0 Å². The molecule has 0 spiro atoms. The lowest BCUT2D eigenvalue weighted by Crippen LogP contribution is -2.29. The first kappa shape index (κ1) is 13.5. The molecule has 20 heavy (non-hydrogen) atoms. The zero-order valence-corrected chi connectivity index (χ0v) is 12.0. The molecule has 0 unspecified atom stereocenters. The molecule has 106 valence electrons. The first-order valence-corrected chi connectivity index (χ1v) is 7.09. The molecule has 3 N–H and O–H groups in total. The summed E-state index contributed by atoms with van der Waals surface area (Å²) in [5, 5.41) is 13.7. The Morgan fingerprint density at radius 2 is 2.20 bits per heavy atom. The van der Waals surface area contributed by atoms with Gasteiger partial charge in [0.05, 0.1) is 13.2 Å². The zero-order chi connectivity index (χ0) is 14.3. The third kappa shape index (κ3) is 2.41. The van der Waals surface area contributed by atoms with Crippen molar-refractivity contribution in [2.24, 2.45) is 5.41 Å². The van der Waals surface area contributed by atoms with Gasteiger partial charge >= 0.3 is 0 Å². The fraction of sp³-hybridized carbons (Fsp3) is 0.400. The molecule has 0 atom stereocenters. The van der Waals surface area contributed by atoms with Crippen LogP contribution in [0.5, 0.6) is 0 Å². The maximum absolute atomic E-state index is 11.9. The molecular formula is C15H17ClN2O2. The number of rotatable bonds is 4. The molecule has 1 heterocycles. The summed E-state index contributed by atoms with van der Waals surface area (Å²) in [5.74, 6) is 0.116. The number of aliphatic hydroxyl groups is 1. The summed E-state index contributed by atoms with van der Waals surface area (Å²) in [4.78, 5) is 15.1. The number of aliphatic hydroxyl groups excluding tert-OH is 1. The van der Waals surface area contributed by atoms with E-state index < -0.39 is 0 Å². The van der Waals surface area contributed by atoms with Crippen LogP contribution in [0.1, 0.15) is 31.0 Å². The van der Waals surface area contributed by atoms with Gasteiger partial charge in [0.2, 0.25) is 5.91 Å².